The number of piperazine rings is 1. The van der Waals surface area contributed by atoms with Crippen LogP contribution in [0, 0.1) is 11.6 Å². The molecule has 4 rings (SSSR count). The van der Waals surface area contributed by atoms with Crippen LogP contribution in [-0.4, -0.2) is 45.9 Å². The van der Waals surface area contributed by atoms with Crippen LogP contribution in [0.25, 0.3) is 16.6 Å². The maximum Gasteiger partial charge on any atom is 0.341 e. The molecule has 0 amide bonds. The molecule has 9 heteroatoms. The van der Waals surface area contributed by atoms with Gasteiger partial charge in [-0.25, -0.2) is 13.6 Å². The molecule has 1 aromatic heterocycles. The number of phenols is 1. The van der Waals surface area contributed by atoms with Gasteiger partial charge in [0, 0.05) is 37.1 Å². The number of benzene rings is 2. The third-order valence-corrected chi connectivity index (χ3v) is 5.39. The third-order valence-electron chi connectivity index (χ3n) is 5.39. The highest BCUT2D eigenvalue weighted by Crippen LogP contribution is 2.32. The number of fused-ring (bicyclic) bond motifs is 1. The molecule has 162 valence electrons. The predicted octanol–water partition coefficient (Wildman–Crippen LogP) is 2.86. The minimum Gasteiger partial charge on any atom is -0.508 e. The summed E-state index contributed by atoms with van der Waals surface area (Å²) in [5.41, 5.74) is -1.76. The smallest absolute Gasteiger partial charge is 0.341 e. The van der Waals surface area contributed by atoms with Crippen LogP contribution in [0.2, 0.25) is 0 Å². The molecule has 0 bridgehead atoms. The zero-order chi connectivity index (χ0) is 22.4. The Morgan fingerprint density at radius 3 is 2.32 bits per heavy atom. The van der Waals surface area contributed by atoms with E-state index < -0.39 is 28.6 Å². The average molecular weight is 429 g/mol. The number of rotatable bonds is 3. The monoisotopic (exact) mass is 429 g/mol. The van der Waals surface area contributed by atoms with Gasteiger partial charge in [-0.1, -0.05) is 0 Å². The van der Waals surface area contributed by atoms with Gasteiger partial charge >= 0.3 is 5.97 Å². The predicted molar refractivity (Wildman–Crippen MR) is 112 cm³/mol. The number of nitrogens with zero attached hydrogens (tertiary/aromatic N) is 2. The van der Waals surface area contributed by atoms with Crippen LogP contribution in [0.15, 0.2) is 41.3 Å². The van der Waals surface area contributed by atoms with Crippen molar-refractivity contribution in [1.82, 2.24) is 9.88 Å². The van der Waals surface area contributed by atoms with Crippen LogP contribution in [-0.2, 0) is 0 Å². The number of carboxylic acid groups (broad SMARTS) is 1. The number of carbonyl (C=O) groups is 1. The van der Waals surface area contributed by atoms with Crippen LogP contribution in [0.3, 0.4) is 0 Å². The maximum atomic E-state index is 15.8. The summed E-state index contributed by atoms with van der Waals surface area (Å²) in [7, 11) is 0. The number of pyridine rings is 1. The summed E-state index contributed by atoms with van der Waals surface area (Å²) in [4.78, 5) is 25.9. The largest absolute Gasteiger partial charge is 0.508 e. The molecule has 0 saturated carbocycles. The van der Waals surface area contributed by atoms with Gasteiger partial charge in [0.2, 0.25) is 5.43 Å². The number of nitrogens with one attached hydrogen (secondary N) is 1. The van der Waals surface area contributed by atoms with E-state index in [1.807, 2.05) is 13.8 Å². The van der Waals surface area contributed by atoms with E-state index in [2.05, 4.69) is 5.32 Å². The molecule has 3 aromatic rings. The molecule has 2 aromatic carbocycles. The molecule has 0 radical (unpaired) electrons. The van der Waals surface area contributed by atoms with Crippen molar-refractivity contribution < 1.29 is 23.8 Å². The lowest BCUT2D eigenvalue weighted by molar-refractivity contribution is 0.0695. The number of aromatic hydroxyl groups is 1. The van der Waals surface area contributed by atoms with Gasteiger partial charge in [0.15, 0.2) is 5.82 Å². The van der Waals surface area contributed by atoms with E-state index >= 15 is 8.78 Å². The highest BCUT2D eigenvalue weighted by molar-refractivity contribution is 5.94. The van der Waals surface area contributed by atoms with Gasteiger partial charge < -0.3 is 25.0 Å². The van der Waals surface area contributed by atoms with E-state index in [1.165, 1.54) is 28.8 Å². The Morgan fingerprint density at radius 1 is 1.13 bits per heavy atom. The summed E-state index contributed by atoms with van der Waals surface area (Å²) >= 11 is 0. The van der Waals surface area contributed by atoms with Crippen molar-refractivity contribution in [1.29, 1.82) is 0 Å². The number of halogens is 2. The summed E-state index contributed by atoms with van der Waals surface area (Å²) in [5.74, 6) is -3.42. The Kier molecular flexibility index (Phi) is 5.14. The fourth-order valence-electron chi connectivity index (χ4n) is 4.17. The van der Waals surface area contributed by atoms with Gasteiger partial charge in [-0.2, -0.15) is 0 Å². The topological polar surface area (TPSA) is 94.8 Å². The number of anilines is 1. The van der Waals surface area contributed by atoms with Crippen molar-refractivity contribution in [2.24, 2.45) is 0 Å². The normalized spacial score (nSPS) is 19.0. The summed E-state index contributed by atoms with van der Waals surface area (Å²) in [5, 5.41) is 21.9. The van der Waals surface area contributed by atoms with Gasteiger partial charge in [-0.15, -0.1) is 0 Å². The number of aromatic nitrogens is 1. The molecule has 1 aliphatic heterocycles. The zero-order valence-corrected chi connectivity index (χ0v) is 16.9. The Balaban J connectivity index is 2.05. The number of hydrogen-bond donors (Lipinski definition) is 3. The number of carboxylic acids is 1. The quantitative estimate of drug-likeness (QED) is 0.593. The minimum absolute atomic E-state index is 0.00748. The second-order valence-corrected chi connectivity index (χ2v) is 7.85. The molecular formula is C22H21F2N3O4. The molecule has 2 atom stereocenters. The Bertz CT molecular complexity index is 1230. The van der Waals surface area contributed by atoms with Crippen LogP contribution < -0.4 is 15.6 Å². The first-order valence-corrected chi connectivity index (χ1v) is 9.78. The summed E-state index contributed by atoms with van der Waals surface area (Å²) in [6.07, 6.45) is 1.02. The first-order chi connectivity index (χ1) is 14.7. The number of aromatic carboxylic acids is 1. The maximum absolute atomic E-state index is 15.8. The molecule has 2 heterocycles. The van der Waals surface area contributed by atoms with Crippen molar-refractivity contribution in [3.05, 3.63) is 63.9 Å². The summed E-state index contributed by atoms with van der Waals surface area (Å²) in [6, 6.07) is 6.48. The van der Waals surface area contributed by atoms with Crippen LogP contribution in [0.1, 0.15) is 24.2 Å². The molecule has 7 nitrogen and oxygen atoms in total. The lowest BCUT2D eigenvalue weighted by Gasteiger charge is -2.38. The van der Waals surface area contributed by atoms with E-state index in [1.54, 1.807) is 4.90 Å². The van der Waals surface area contributed by atoms with Crippen LogP contribution >= 0.6 is 0 Å². The lowest BCUT2D eigenvalue weighted by atomic mass is 10.1. The highest BCUT2D eigenvalue weighted by Gasteiger charge is 2.29. The van der Waals surface area contributed by atoms with Gasteiger partial charge in [0.25, 0.3) is 0 Å². The molecule has 3 N–H and O–H groups in total. The van der Waals surface area contributed by atoms with E-state index in [9.17, 15) is 19.8 Å². The van der Waals surface area contributed by atoms with Gasteiger partial charge in [-0.3, -0.25) is 4.79 Å². The Hall–Kier alpha value is -3.46. The SMILES string of the molecule is CC1CN(c2c(F)cc3c(=O)c(C(=O)O)cn(-c4ccc(O)cc4)c3c2F)CC(C)N1. The van der Waals surface area contributed by atoms with Crippen molar-refractivity contribution in [3.8, 4) is 11.4 Å². The minimum atomic E-state index is -1.51. The Morgan fingerprint density at radius 2 is 1.74 bits per heavy atom. The van der Waals surface area contributed by atoms with Crippen molar-refractivity contribution in [3.63, 3.8) is 0 Å². The Labute approximate surface area is 176 Å². The fourth-order valence-corrected chi connectivity index (χ4v) is 4.17. The highest BCUT2D eigenvalue weighted by atomic mass is 19.1. The molecule has 1 aliphatic rings. The zero-order valence-electron chi connectivity index (χ0n) is 16.9. The van der Waals surface area contributed by atoms with E-state index in [-0.39, 0.29) is 34.4 Å². The second kappa shape index (κ2) is 7.66. The molecule has 1 fully saturated rings. The molecule has 0 aliphatic carbocycles. The van der Waals surface area contributed by atoms with E-state index in [4.69, 9.17) is 0 Å². The summed E-state index contributed by atoms with van der Waals surface area (Å²) < 4.78 is 32.1. The molecular weight excluding hydrogens is 408 g/mol. The van der Waals surface area contributed by atoms with E-state index in [0.717, 1.165) is 12.3 Å². The van der Waals surface area contributed by atoms with E-state index in [0.29, 0.717) is 18.8 Å². The lowest BCUT2D eigenvalue weighted by Crippen LogP contribution is -2.54. The third kappa shape index (κ3) is 3.61. The van der Waals surface area contributed by atoms with Crippen LogP contribution in [0.5, 0.6) is 5.75 Å². The number of phenolic OH excluding ortho intramolecular Hbond substituents is 1. The van der Waals surface area contributed by atoms with Crippen molar-refractivity contribution >= 4 is 22.6 Å². The molecule has 0 spiro atoms. The van der Waals surface area contributed by atoms with Gasteiger partial charge in [0.05, 0.1) is 10.9 Å². The molecule has 31 heavy (non-hydrogen) atoms. The summed E-state index contributed by atoms with van der Waals surface area (Å²) in [6.45, 7) is 4.54. The first kappa shape index (κ1) is 20.8. The molecule has 2 unspecified atom stereocenters. The fraction of sp³-hybridized carbons (Fsp3) is 0.273. The van der Waals surface area contributed by atoms with Crippen LogP contribution in [0.4, 0.5) is 14.5 Å². The number of hydrogen-bond acceptors (Lipinski definition) is 5. The van der Waals surface area contributed by atoms with Gasteiger partial charge in [-0.05, 0) is 44.2 Å². The van der Waals surface area contributed by atoms with Gasteiger partial charge in [0.1, 0.15) is 22.8 Å². The van der Waals surface area contributed by atoms with Crippen molar-refractivity contribution in [2.75, 3.05) is 18.0 Å². The van der Waals surface area contributed by atoms with Crippen molar-refractivity contribution in [2.45, 2.75) is 25.9 Å². The molecule has 1 saturated heterocycles. The average Bonchev–Trinajstić information content (AvgIpc) is 2.68. The standard InChI is InChI=1S/C22H21F2N3O4/c1-11-8-26(9-12(2)25-11)20-17(23)7-15-19(18(20)24)27(10-16(21(15)29)22(30)31)13-3-5-14(28)6-4-13/h3-7,10-12,25,28H,8-9H2,1-2H3,(H,30,31). The first-order valence-electron chi connectivity index (χ1n) is 9.78. The second-order valence-electron chi connectivity index (χ2n) is 7.85.